The van der Waals surface area contributed by atoms with Crippen molar-refractivity contribution in [3.05, 3.63) is 23.8 Å². The highest BCUT2D eigenvalue weighted by molar-refractivity contribution is 5.94. The average Bonchev–Trinajstić information content (AvgIpc) is 3.26. The van der Waals surface area contributed by atoms with E-state index in [1.165, 1.54) is 0 Å². The summed E-state index contributed by atoms with van der Waals surface area (Å²) in [6.07, 6.45) is 1.94. The van der Waals surface area contributed by atoms with Crippen LogP contribution >= 0.6 is 0 Å². The number of rotatable bonds is 7. The van der Waals surface area contributed by atoms with Crippen LogP contribution in [0.1, 0.15) is 30.1 Å². The second kappa shape index (κ2) is 6.13. The molecule has 0 spiro atoms. The number of aliphatic hydroxyl groups is 1. The monoisotopic (exact) mass is 279 g/mol. The first-order valence-electron chi connectivity index (χ1n) is 6.84. The van der Waals surface area contributed by atoms with Crippen LogP contribution in [0.4, 0.5) is 0 Å². The Kier molecular flexibility index (Phi) is 4.49. The van der Waals surface area contributed by atoms with Gasteiger partial charge in [-0.05, 0) is 38.0 Å². The van der Waals surface area contributed by atoms with E-state index in [2.05, 4.69) is 5.32 Å². The lowest BCUT2D eigenvalue weighted by molar-refractivity contribution is 0.0934. The fraction of sp³-hybridized carbons (Fsp3) is 0.533. The van der Waals surface area contributed by atoms with Crippen molar-refractivity contribution in [1.82, 2.24) is 5.32 Å². The topological polar surface area (TPSA) is 67.8 Å². The number of benzene rings is 1. The predicted octanol–water partition coefficient (Wildman–Crippen LogP) is 1.60. The number of nitrogens with one attached hydrogen (secondary N) is 1. The molecule has 0 atom stereocenters. The molecule has 2 N–H and O–H groups in total. The molecule has 1 amide bonds. The van der Waals surface area contributed by atoms with E-state index in [4.69, 9.17) is 9.47 Å². The largest absolute Gasteiger partial charge is 0.493 e. The first-order chi connectivity index (χ1) is 9.64. The molecule has 5 heteroatoms. The number of hydrogen-bond donors (Lipinski definition) is 2. The van der Waals surface area contributed by atoms with E-state index in [1.54, 1.807) is 25.3 Å². The Morgan fingerprint density at radius 3 is 2.70 bits per heavy atom. The molecule has 0 unspecified atom stereocenters. The third-order valence-electron chi connectivity index (χ3n) is 3.64. The highest BCUT2D eigenvalue weighted by Gasteiger charge is 2.42. The zero-order valence-electron chi connectivity index (χ0n) is 11.9. The Balaban J connectivity index is 2.03. The van der Waals surface area contributed by atoms with Gasteiger partial charge in [0.15, 0.2) is 11.5 Å². The van der Waals surface area contributed by atoms with Crippen LogP contribution in [0.25, 0.3) is 0 Å². The molecule has 20 heavy (non-hydrogen) atoms. The van der Waals surface area contributed by atoms with Crippen molar-refractivity contribution in [2.75, 3.05) is 26.9 Å². The van der Waals surface area contributed by atoms with Gasteiger partial charge in [-0.3, -0.25) is 4.79 Å². The standard InChI is InChI=1S/C15H21NO4/c1-3-20-13-8-11(4-5-12(13)19-2)14(18)16-9-15(10-17)6-7-15/h4-5,8,17H,3,6-7,9-10H2,1-2H3,(H,16,18). The zero-order valence-corrected chi connectivity index (χ0v) is 11.9. The van der Waals surface area contributed by atoms with Crippen LogP contribution in [0.15, 0.2) is 18.2 Å². The van der Waals surface area contributed by atoms with Gasteiger partial charge in [-0.2, -0.15) is 0 Å². The maximum Gasteiger partial charge on any atom is 0.251 e. The number of hydrogen-bond acceptors (Lipinski definition) is 4. The molecule has 0 heterocycles. The molecule has 1 aromatic carbocycles. The minimum Gasteiger partial charge on any atom is -0.493 e. The summed E-state index contributed by atoms with van der Waals surface area (Å²) in [4.78, 5) is 12.1. The van der Waals surface area contributed by atoms with Gasteiger partial charge in [0.1, 0.15) is 0 Å². The summed E-state index contributed by atoms with van der Waals surface area (Å²) < 4.78 is 10.6. The Bertz CT molecular complexity index is 483. The second-order valence-electron chi connectivity index (χ2n) is 5.14. The summed E-state index contributed by atoms with van der Waals surface area (Å²) in [7, 11) is 1.57. The number of carbonyl (C=O) groups excluding carboxylic acids is 1. The lowest BCUT2D eigenvalue weighted by Gasteiger charge is -2.14. The lowest BCUT2D eigenvalue weighted by Crippen LogP contribution is -2.31. The number of ether oxygens (including phenoxy) is 2. The third kappa shape index (κ3) is 3.22. The fourth-order valence-corrected chi connectivity index (χ4v) is 2.02. The molecule has 0 aliphatic heterocycles. The Hall–Kier alpha value is -1.75. The van der Waals surface area contributed by atoms with E-state index in [0.717, 1.165) is 12.8 Å². The van der Waals surface area contributed by atoms with Gasteiger partial charge >= 0.3 is 0 Å². The number of aliphatic hydroxyl groups excluding tert-OH is 1. The van der Waals surface area contributed by atoms with Crippen molar-refractivity contribution in [2.45, 2.75) is 19.8 Å². The summed E-state index contributed by atoms with van der Waals surface area (Å²) in [6.45, 7) is 3.03. The Morgan fingerprint density at radius 1 is 1.40 bits per heavy atom. The Morgan fingerprint density at radius 2 is 2.15 bits per heavy atom. The Labute approximate surface area is 118 Å². The molecule has 1 aliphatic rings. The summed E-state index contributed by atoms with van der Waals surface area (Å²) in [5, 5.41) is 12.1. The van der Waals surface area contributed by atoms with Crippen molar-refractivity contribution in [2.24, 2.45) is 5.41 Å². The van der Waals surface area contributed by atoms with Gasteiger partial charge in [-0.15, -0.1) is 0 Å². The first kappa shape index (κ1) is 14.7. The average molecular weight is 279 g/mol. The van der Waals surface area contributed by atoms with Crippen LogP contribution in [-0.4, -0.2) is 37.9 Å². The van der Waals surface area contributed by atoms with E-state index < -0.39 is 0 Å². The van der Waals surface area contributed by atoms with Crippen LogP contribution in [0.3, 0.4) is 0 Å². The molecule has 5 nitrogen and oxygen atoms in total. The zero-order chi connectivity index (χ0) is 14.6. The maximum atomic E-state index is 12.1. The lowest BCUT2D eigenvalue weighted by atomic mass is 10.1. The van der Waals surface area contributed by atoms with Crippen molar-refractivity contribution in [1.29, 1.82) is 0 Å². The quantitative estimate of drug-likeness (QED) is 0.795. The van der Waals surface area contributed by atoms with E-state index in [1.807, 2.05) is 6.92 Å². The molecule has 1 aromatic rings. The minimum absolute atomic E-state index is 0.0924. The summed E-state index contributed by atoms with van der Waals surface area (Å²) in [6, 6.07) is 5.10. The van der Waals surface area contributed by atoms with E-state index in [-0.39, 0.29) is 17.9 Å². The van der Waals surface area contributed by atoms with Gasteiger partial charge in [0, 0.05) is 17.5 Å². The predicted molar refractivity (Wildman–Crippen MR) is 75.2 cm³/mol. The highest BCUT2D eigenvalue weighted by atomic mass is 16.5. The van der Waals surface area contributed by atoms with Gasteiger partial charge < -0.3 is 19.9 Å². The second-order valence-corrected chi connectivity index (χ2v) is 5.14. The van der Waals surface area contributed by atoms with Crippen molar-refractivity contribution >= 4 is 5.91 Å². The number of amides is 1. The van der Waals surface area contributed by atoms with E-state index in [9.17, 15) is 9.90 Å². The van der Waals surface area contributed by atoms with Crippen LogP contribution in [0.5, 0.6) is 11.5 Å². The van der Waals surface area contributed by atoms with E-state index >= 15 is 0 Å². The molecule has 1 fully saturated rings. The minimum atomic E-state index is -0.159. The summed E-state index contributed by atoms with van der Waals surface area (Å²) in [5.74, 6) is 1.01. The first-order valence-corrected chi connectivity index (χ1v) is 6.84. The summed E-state index contributed by atoms with van der Waals surface area (Å²) in [5.41, 5.74) is 0.438. The van der Waals surface area contributed by atoms with Gasteiger partial charge in [0.2, 0.25) is 0 Å². The van der Waals surface area contributed by atoms with Crippen molar-refractivity contribution in [3.8, 4) is 11.5 Å². The molecule has 2 rings (SSSR count). The third-order valence-corrected chi connectivity index (χ3v) is 3.64. The maximum absolute atomic E-state index is 12.1. The van der Waals surface area contributed by atoms with Crippen LogP contribution in [0, 0.1) is 5.41 Å². The molecule has 0 radical (unpaired) electrons. The normalized spacial score (nSPS) is 15.6. The number of carbonyl (C=O) groups is 1. The molecular formula is C15H21NO4. The molecule has 1 aliphatic carbocycles. The molecule has 1 saturated carbocycles. The molecular weight excluding hydrogens is 258 g/mol. The van der Waals surface area contributed by atoms with Crippen molar-refractivity contribution < 1.29 is 19.4 Å². The molecule has 0 bridgehead atoms. The molecule has 0 saturated heterocycles. The highest BCUT2D eigenvalue weighted by Crippen LogP contribution is 2.44. The molecule has 110 valence electrons. The van der Waals surface area contributed by atoms with Gasteiger partial charge in [0.25, 0.3) is 5.91 Å². The smallest absolute Gasteiger partial charge is 0.251 e. The van der Waals surface area contributed by atoms with Crippen LogP contribution in [-0.2, 0) is 0 Å². The van der Waals surface area contributed by atoms with Gasteiger partial charge in [-0.1, -0.05) is 0 Å². The summed E-state index contributed by atoms with van der Waals surface area (Å²) >= 11 is 0. The van der Waals surface area contributed by atoms with E-state index in [0.29, 0.717) is 30.2 Å². The SMILES string of the molecule is CCOc1cc(C(=O)NCC2(CO)CC2)ccc1OC. The fourth-order valence-electron chi connectivity index (χ4n) is 2.02. The van der Waals surface area contributed by atoms with Gasteiger partial charge in [-0.25, -0.2) is 0 Å². The number of methoxy groups -OCH3 is 1. The van der Waals surface area contributed by atoms with Crippen LogP contribution in [0.2, 0.25) is 0 Å². The van der Waals surface area contributed by atoms with Crippen molar-refractivity contribution in [3.63, 3.8) is 0 Å². The van der Waals surface area contributed by atoms with Gasteiger partial charge in [0.05, 0.1) is 20.3 Å². The molecule has 0 aromatic heterocycles. The van der Waals surface area contributed by atoms with Crippen LogP contribution < -0.4 is 14.8 Å².